The number of nitrogens with zero attached hydrogens (tertiary/aromatic N) is 2. The lowest BCUT2D eigenvalue weighted by Crippen LogP contribution is -2.52. The maximum Gasteiger partial charge on any atom is 0.223 e. The van der Waals surface area contributed by atoms with Crippen molar-refractivity contribution in [2.45, 2.75) is 59.2 Å². The van der Waals surface area contributed by atoms with E-state index in [0.717, 1.165) is 11.1 Å². The predicted molar refractivity (Wildman–Crippen MR) is 171 cm³/mol. The van der Waals surface area contributed by atoms with Crippen LogP contribution in [0.1, 0.15) is 35.4 Å². The number of hydrogen-bond donors (Lipinski definition) is 3. The van der Waals surface area contributed by atoms with E-state index in [1.54, 1.807) is 35.4 Å². The number of rotatable bonds is 15. The van der Waals surface area contributed by atoms with Gasteiger partial charge in [0.25, 0.3) is 0 Å². The highest BCUT2D eigenvalue weighted by molar-refractivity contribution is 5.79. The van der Waals surface area contributed by atoms with E-state index in [-0.39, 0.29) is 66.8 Å². The minimum atomic E-state index is -0.759. The van der Waals surface area contributed by atoms with Crippen LogP contribution in [0.15, 0.2) is 94.8 Å². The molecular formula is C34H39N5O6. The minimum Gasteiger partial charge on any atom is -0.483 e. The zero-order chi connectivity index (χ0) is 32.2. The normalized spacial score (nSPS) is 10.8. The monoisotopic (exact) mass is 613 g/mol. The van der Waals surface area contributed by atoms with Crippen LogP contribution in [0.4, 0.5) is 0 Å². The molecule has 4 aromatic rings. The number of pyridine rings is 2. The van der Waals surface area contributed by atoms with E-state index < -0.39 is 6.17 Å². The SMILES string of the molecule is Cc1c(OCc2ccccc2)c(=O)ccn1CCC(=O)NC(CN)NC(=O)CCn1ccc(=O)c(OCc2ccccc2)c1C. The van der Waals surface area contributed by atoms with Gasteiger partial charge in [0.1, 0.15) is 19.4 Å². The van der Waals surface area contributed by atoms with Gasteiger partial charge in [-0.05, 0) is 25.0 Å². The van der Waals surface area contributed by atoms with Crippen molar-refractivity contribution in [1.29, 1.82) is 0 Å². The molecule has 45 heavy (non-hydrogen) atoms. The highest BCUT2D eigenvalue weighted by atomic mass is 16.5. The first kappa shape index (κ1) is 32.7. The first-order valence-corrected chi connectivity index (χ1v) is 14.8. The molecule has 0 aliphatic carbocycles. The molecule has 0 saturated heterocycles. The Morgan fingerprint density at radius 3 is 1.47 bits per heavy atom. The first-order valence-electron chi connectivity index (χ1n) is 14.8. The summed E-state index contributed by atoms with van der Waals surface area (Å²) in [5.74, 6) is -0.150. The van der Waals surface area contributed by atoms with Gasteiger partial charge in [0.05, 0.1) is 11.4 Å². The lowest BCUT2D eigenvalue weighted by Gasteiger charge is -2.20. The molecule has 0 aliphatic rings. The number of carbonyl (C=O) groups is 2. The minimum absolute atomic E-state index is 0.000523. The maximum absolute atomic E-state index is 12.7. The standard InChI is InChI=1S/C34H39N5O6/c1-24-33(44-22-26-9-5-3-6-10-26)28(40)13-17-38(24)19-15-31(42)36-30(21-35)37-32(43)16-20-39-18-14-29(41)34(25(39)2)45-23-27-11-7-4-8-12-27/h3-14,17-18,30H,15-16,19-23,35H2,1-2H3,(H,36,42)(H,37,43). The molecule has 2 heterocycles. The zero-order valence-electron chi connectivity index (χ0n) is 25.5. The number of nitrogens with two attached hydrogens (primary N) is 1. The van der Waals surface area contributed by atoms with Gasteiger partial charge in [0, 0.05) is 57.0 Å². The Morgan fingerprint density at radius 2 is 1.09 bits per heavy atom. The summed E-state index contributed by atoms with van der Waals surface area (Å²) < 4.78 is 15.2. The molecule has 0 unspecified atom stereocenters. The lowest BCUT2D eigenvalue weighted by molar-refractivity contribution is -0.124. The molecule has 0 saturated carbocycles. The van der Waals surface area contributed by atoms with Gasteiger partial charge in [0.2, 0.25) is 22.7 Å². The smallest absolute Gasteiger partial charge is 0.223 e. The third kappa shape index (κ3) is 9.41. The zero-order valence-corrected chi connectivity index (χ0v) is 25.5. The second-order valence-corrected chi connectivity index (χ2v) is 10.5. The van der Waals surface area contributed by atoms with E-state index in [1.807, 2.05) is 60.7 Å². The number of hydrogen-bond acceptors (Lipinski definition) is 7. The summed E-state index contributed by atoms with van der Waals surface area (Å²) in [4.78, 5) is 50.3. The third-order valence-electron chi connectivity index (χ3n) is 7.30. The van der Waals surface area contributed by atoms with Crippen LogP contribution in [-0.4, -0.2) is 33.7 Å². The van der Waals surface area contributed by atoms with Crippen LogP contribution in [0.25, 0.3) is 0 Å². The fourth-order valence-electron chi connectivity index (χ4n) is 4.73. The summed E-state index contributed by atoms with van der Waals surface area (Å²) in [5, 5.41) is 5.50. The molecule has 0 radical (unpaired) electrons. The summed E-state index contributed by atoms with van der Waals surface area (Å²) in [6.45, 7) is 4.64. The van der Waals surface area contributed by atoms with Gasteiger partial charge in [-0.1, -0.05) is 60.7 Å². The second-order valence-electron chi connectivity index (χ2n) is 10.5. The fraction of sp³-hybridized carbons (Fsp3) is 0.294. The van der Waals surface area contributed by atoms with Crippen LogP contribution in [0, 0.1) is 13.8 Å². The molecule has 4 rings (SSSR count). The Balaban J connectivity index is 1.26. The number of aromatic nitrogens is 2. The molecule has 0 aliphatic heterocycles. The summed E-state index contributed by atoms with van der Waals surface area (Å²) in [7, 11) is 0. The number of amides is 2. The average Bonchev–Trinajstić information content (AvgIpc) is 3.04. The second kappa shape index (κ2) is 16.1. The first-order chi connectivity index (χ1) is 21.7. The third-order valence-corrected chi connectivity index (χ3v) is 7.30. The van der Waals surface area contributed by atoms with Crippen molar-refractivity contribution in [2.24, 2.45) is 5.73 Å². The van der Waals surface area contributed by atoms with Crippen LogP contribution in [0.3, 0.4) is 0 Å². The van der Waals surface area contributed by atoms with E-state index in [9.17, 15) is 19.2 Å². The summed E-state index contributed by atoms with van der Waals surface area (Å²) in [6, 6.07) is 21.9. The fourth-order valence-corrected chi connectivity index (χ4v) is 4.73. The van der Waals surface area contributed by atoms with Crippen molar-refractivity contribution in [3.8, 4) is 11.5 Å². The summed E-state index contributed by atoms with van der Waals surface area (Å²) >= 11 is 0. The molecule has 2 aromatic carbocycles. The molecule has 0 spiro atoms. The van der Waals surface area contributed by atoms with Gasteiger partial charge in [-0.25, -0.2) is 0 Å². The number of nitrogens with one attached hydrogen (secondary N) is 2. The van der Waals surface area contributed by atoms with E-state index in [0.29, 0.717) is 24.5 Å². The van der Waals surface area contributed by atoms with Gasteiger partial charge in [0.15, 0.2) is 11.5 Å². The Hall–Kier alpha value is -5.16. The van der Waals surface area contributed by atoms with Crippen molar-refractivity contribution in [2.75, 3.05) is 6.54 Å². The molecule has 2 amide bonds. The molecule has 0 bridgehead atoms. The van der Waals surface area contributed by atoms with Gasteiger partial charge in [-0.15, -0.1) is 0 Å². The van der Waals surface area contributed by atoms with Crippen molar-refractivity contribution >= 4 is 11.8 Å². The van der Waals surface area contributed by atoms with Crippen molar-refractivity contribution in [1.82, 2.24) is 19.8 Å². The van der Waals surface area contributed by atoms with Crippen molar-refractivity contribution in [3.05, 3.63) is 128 Å². The van der Waals surface area contributed by atoms with E-state index in [1.165, 1.54) is 12.1 Å². The molecule has 4 N–H and O–H groups in total. The number of carbonyl (C=O) groups excluding carboxylic acids is 2. The van der Waals surface area contributed by atoms with Crippen molar-refractivity contribution < 1.29 is 19.1 Å². The summed E-state index contributed by atoms with van der Waals surface area (Å²) in [5.41, 5.74) is 8.46. The van der Waals surface area contributed by atoms with Crippen LogP contribution >= 0.6 is 0 Å². The van der Waals surface area contributed by atoms with Crippen LogP contribution < -0.4 is 36.7 Å². The topological polar surface area (TPSA) is 147 Å². The summed E-state index contributed by atoms with van der Waals surface area (Å²) in [6.07, 6.45) is 2.68. The Bertz CT molecular complexity index is 1580. The van der Waals surface area contributed by atoms with Gasteiger partial charge < -0.3 is 35.0 Å². The molecule has 11 nitrogen and oxygen atoms in total. The van der Waals surface area contributed by atoms with Crippen LogP contribution in [0.2, 0.25) is 0 Å². The van der Waals surface area contributed by atoms with Gasteiger partial charge in [-0.3, -0.25) is 19.2 Å². The largest absolute Gasteiger partial charge is 0.483 e. The maximum atomic E-state index is 12.7. The molecule has 236 valence electrons. The Labute approximate surface area is 261 Å². The molecule has 2 aromatic heterocycles. The van der Waals surface area contributed by atoms with Crippen LogP contribution in [-0.2, 0) is 35.9 Å². The molecule has 11 heteroatoms. The highest BCUT2D eigenvalue weighted by Crippen LogP contribution is 2.16. The molecule has 0 fully saturated rings. The Kier molecular flexibility index (Phi) is 11.7. The van der Waals surface area contributed by atoms with Gasteiger partial charge in [-0.2, -0.15) is 0 Å². The van der Waals surface area contributed by atoms with E-state index in [2.05, 4.69) is 10.6 Å². The molecule has 0 atom stereocenters. The quantitative estimate of drug-likeness (QED) is 0.175. The average molecular weight is 614 g/mol. The van der Waals surface area contributed by atoms with Crippen LogP contribution in [0.5, 0.6) is 11.5 Å². The lowest BCUT2D eigenvalue weighted by atomic mass is 10.2. The van der Waals surface area contributed by atoms with Crippen molar-refractivity contribution in [3.63, 3.8) is 0 Å². The Morgan fingerprint density at radius 1 is 0.689 bits per heavy atom. The predicted octanol–water partition coefficient (Wildman–Crippen LogP) is 2.78. The molecular weight excluding hydrogens is 574 g/mol. The highest BCUT2D eigenvalue weighted by Gasteiger charge is 2.16. The van der Waals surface area contributed by atoms with Gasteiger partial charge >= 0.3 is 0 Å². The van der Waals surface area contributed by atoms with E-state index >= 15 is 0 Å². The number of ether oxygens (including phenoxy) is 2. The van der Waals surface area contributed by atoms with E-state index in [4.69, 9.17) is 15.2 Å². The number of aryl methyl sites for hydroxylation is 2. The number of benzene rings is 2.